The lowest BCUT2D eigenvalue weighted by Crippen LogP contribution is -2.45. The number of hydrogen-bond donors (Lipinski definition) is 3. The Hall–Kier alpha value is -1.06. The summed E-state index contributed by atoms with van der Waals surface area (Å²) in [6, 6.07) is 5.88. The first kappa shape index (κ1) is 16.4. The molecule has 7 atom stereocenters. The molecule has 0 aromatic heterocycles. The molecule has 4 rings (SSSR count). The molecule has 0 heterocycles. The smallest absolute Gasteiger partial charge is 0.115 e. The number of aliphatic hydroxyl groups excluding tert-OH is 2. The van der Waals surface area contributed by atoms with Gasteiger partial charge in [0.05, 0.1) is 12.2 Å². The summed E-state index contributed by atoms with van der Waals surface area (Å²) in [5.41, 5.74) is 2.68. The molecular weight excluding hydrogens is 300 g/mol. The van der Waals surface area contributed by atoms with Crippen LogP contribution in [0.3, 0.4) is 0 Å². The van der Waals surface area contributed by atoms with Gasteiger partial charge in [0.25, 0.3) is 0 Å². The maximum atomic E-state index is 11.0. The van der Waals surface area contributed by atoms with Gasteiger partial charge in [-0.2, -0.15) is 0 Å². The number of aryl methyl sites for hydroxylation is 1. The zero-order valence-corrected chi connectivity index (χ0v) is 14.8. The average molecular weight is 330 g/mol. The summed E-state index contributed by atoms with van der Waals surface area (Å²) in [7, 11) is 0. The number of fused-ring (bicyclic) bond motifs is 5. The van der Waals surface area contributed by atoms with E-state index in [1.165, 1.54) is 11.1 Å². The van der Waals surface area contributed by atoms with Crippen LogP contribution in [-0.4, -0.2) is 27.5 Å². The van der Waals surface area contributed by atoms with Crippen LogP contribution in [-0.2, 0) is 6.42 Å². The summed E-state index contributed by atoms with van der Waals surface area (Å²) < 4.78 is 0. The Labute approximate surface area is 144 Å². The molecule has 0 aliphatic heterocycles. The number of aromatic hydroxyl groups is 1. The van der Waals surface area contributed by atoms with E-state index in [1.54, 1.807) is 0 Å². The molecule has 1 aromatic rings. The first-order valence-corrected chi connectivity index (χ1v) is 9.63. The summed E-state index contributed by atoms with van der Waals surface area (Å²) in [4.78, 5) is 0. The minimum Gasteiger partial charge on any atom is -0.508 e. The summed E-state index contributed by atoms with van der Waals surface area (Å²) in [6.45, 7) is 4.26. The van der Waals surface area contributed by atoms with E-state index in [-0.39, 0.29) is 23.5 Å². The number of benzene rings is 1. The van der Waals surface area contributed by atoms with Crippen LogP contribution in [0.4, 0.5) is 0 Å². The summed E-state index contributed by atoms with van der Waals surface area (Å²) in [6.07, 6.45) is 5.24. The van der Waals surface area contributed by atoms with E-state index in [0.717, 1.165) is 38.5 Å². The van der Waals surface area contributed by atoms with Crippen LogP contribution in [0.15, 0.2) is 18.2 Å². The zero-order valence-electron chi connectivity index (χ0n) is 14.8. The van der Waals surface area contributed by atoms with Crippen molar-refractivity contribution in [2.75, 3.05) is 0 Å². The van der Waals surface area contributed by atoms with Crippen molar-refractivity contribution in [1.82, 2.24) is 0 Å². The highest BCUT2D eigenvalue weighted by atomic mass is 16.3. The fourth-order valence-electron chi connectivity index (χ4n) is 6.31. The Morgan fingerprint density at radius 1 is 1.29 bits per heavy atom. The van der Waals surface area contributed by atoms with E-state index >= 15 is 0 Å². The van der Waals surface area contributed by atoms with Crippen LogP contribution in [0, 0.1) is 23.2 Å². The first-order valence-electron chi connectivity index (χ1n) is 9.63. The molecule has 3 nitrogen and oxygen atoms in total. The Balaban J connectivity index is 1.66. The zero-order chi connectivity index (χ0) is 17.1. The molecule has 132 valence electrons. The quantitative estimate of drug-likeness (QED) is 0.776. The maximum absolute atomic E-state index is 11.0. The third kappa shape index (κ3) is 2.24. The number of phenols is 1. The van der Waals surface area contributed by atoms with Crippen molar-refractivity contribution in [2.45, 2.75) is 70.5 Å². The van der Waals surface area contributed by atoms with E-state index in [1.807, 2.05) is 19.1 Å². The van der Waals surface area contributed by atoms with Gasteiger partial charge in [0.1, 0.15) is 5.75 Å². The van der Waals surface area contributed by atoms with Crippen molar-refractivity contribution in [2.24, 2.45) is 23.2 Å². The van der Waals surface area contributed by atoms with E-state index < -0.39 is 0 Å². The predicted molar refractivity (Wildman–Crippen MR) is 93.9 cm³/mol. The molecule has 1 aromatic carbocycles. The van der Waals surface area contributed by atoms with E-state index in [0.29, 0.717) is 23.5 Å². The second kappa shape index (κ2) is 5.74. The van der Waals surface area contributed by atoms with Crippen LogP contribution >= 0.6 is 0 Å². The predicted octanol–water partition coefficient (Wildman–Crippen LogP) is 3.61. The molecule has 0 radical (unpaired) electrons. The SMILES string of the molecule is CCC(O)C1CC2C3CCc4cc(O)ccc4C3CCC2(C)C1O. The van der Waals surface area contributed by atoms with Gasteiger partial charge in [-0.3, -0.25) is 0 Å². The molecule has 3 aliphatic rings. The van der Waals surface area contributed by atoms with Gasteiger partial charge in [0.2, 0.25) is 0 Å². The van der Waals surface area contributed by atoms with Crippen LogP contribution in [0.25, 0.3) is 0 Å². The van der Waals surface area contributed by atoms with Crippen molar-refractivity contribution >= 4 is 0 Å². The topological polar surface area (TPSA) is 60.7 Å². The maximum Gasteiger partial charge on any atom is 0.115 e. The molecule has 2 saturated carbocycles. The van der Waals surface area contributed by atoms with E-state index in [9.17, 15) is 15.3 Å². The van der Waals surface area contributed by atoms with Gasteiger partial charge in [0.15, 0.2) is 0 Å². The molecule has 3 aliphatic carbocycles. The summed E-state index contributed by atoms with van der Waals surface area (Å²) in [5, 5.41) is 31.1. The Bertz CT molecular complexity index is 628. The fraction of sp³-hybridized carbons (Fsp3) is 0.714. The number of hydrogen-bond acceptors (Lipinski definition) is 3. The molecule has 0 amide bonds. The monoisotopic (exact) mass is 330 g/mol. The standard InChI is InChI=1S/C21H30O3/c1-3-19(23)17-11-18-16-6-4-12-10-13(22)5-7-14(12)15(16)8-9-21(18,2)20(17)24/h5,7,10,15-20,22-24H,3-4,6,8-9,11H2,1-2H3. The molecule has 0 bridgehead atoms. The van der Waals surface area contributed by atoms with E-state index in [2.05, 4.69) is 13.0 Å². The van der Waals surface area contributed by atoms with Crippen LogP contribution < -0.4 is 0 Å². The molecule has 3 N–H and O–H groups in total. The molecule has 7 unspecified atom stereocenters. The normalized spacial score (nSPS) is 42.1. The van der Waals surface area contributed by atoms with Crippen molar-refractivity contribution in [3.05, 3.63) is 29.3 Å². The highest BCUT2D eigenvalue weighted by Gasteiger charge is 2.58. The lowest BCUT2D eigenvalue weighted by Gasteiger charge is -2.50. The number of aliphatic hydroxyl groups is 2. The fourth-order valence-corrected chi connectivity index (χ4v) is 6.31. The molecule has 3 heteroatoms. The van der Waals surface area contributed by atoms with Gasteiger partial charge in [-0.05, 0) is 85.0 Å². The van der Waals surface area contributed by atoms with Crippen LogP contribution in [0.5, 0.6) is 5.75 Å². The Morgan fingerprint density at radius 2 is 2.08 bits per heavy atom. The highest BCUT2D eigenvalue weighted by Crippen LogP contribution is 2.62. The minimum absolute atomic E-state index is 0.0324. The van der Waals surface area contributed by atoms with Crippen LogP contribution in [0.1, 0.15) is 63.0 Å². The molecule has 0 spiro atoms. The second-order valence-corrected chi connectivity index (χ2v) is 8.66. The van der Waals surface area contributed by atoms with Crippen molar-refractivity contribution in [3.63, 3.8) is 0 Å². The van der Waals surface area contributed by atoms with E-state index in [4.69, 9.17) is 0 Å². The van der Waals surface area contributed by atoms with Gasteiger partial charge < -0.3 is 15.3 Å². The summed E-state index contributed by atoms with van der Waals surface area (Å²) in [5.74, 6) is 2.06. The average Bonchev–Trinajstić information content (AvgIpc) is 2.85. The first-order chi connectivity index (χ1) is 11.5. The number of phenolic OH excluding ortho intramolecular Hbond substituents is 1. The third-order valence-corrected chi connectivity index (χ3v) is 7.67. The van der Waals surface area contributed by atoms with Crippen LogP contribution in [0.2, 0.25) is 0 Å². The highest BCUT2D eigenvalue weighted by molar-refractivity contribution is 5.40. The lowest BCUT2D eigenvalue weighted by molar-refractivity contribution is -0.0506. The minimum atomic E-state index is -0.381. The van der Waals surface area contributed by atoms with Gasteiger partial charge >= 0.3 is 0 Å². The Kier molecular flexibility index (Phi) is 3.92. The summed E-state index contributed by atoms with van der Waals surface area (Å²) >= 11 is 0. The number of rotatable bonds is 2. The van der Waals surface area contributed by atoms with Gasteiger partial charge in [-0.15, -0.1) is 0 Å². The largest absolute Gasteiger partial charge is 0.508 e. The molecule has 2 fully saturated rings. The molecular formula is C21H30O3. The molecule has 24 heavy (non-hydrogen) atoms. The molecule has 0 saturated heterocycles. The van der Waals surface area contributed by atoms with Crippen molar-refractivity contribution < 1.29 is 15.3 Å². The Morgan fingerprint density at radius 3 is 2.83 bits per heavy atom. The van der Waals surface area contributed by atoms with Gasteiger partial charge in [0, 0.05) is 5.92 Å². The second-order valence-electron chi connectivity index (χ2n) is 8.66. The third-order valence-electron chi connectivity index (χ3n) is 7.67. The lowest BCUT2D eigenvalue weighted by atomic mass is 9.55. The van der Waals surface area contributed by atoms with Gasteiger partial charge in [-0.1, -0.05) is 19.9 Å². The van der Waals surface area contributed by atoms with Gasteiger partial charge in [-0.25, -0.2) is 0 Å². The van der Waals surface area contributed by atoms with Crippen molar-refractivity contribution in [1.29, 1.82) is 0 Å². The van der Waals surface area contributed by atoms with Crippen molar-refractivity contribution in [3.8, 4) is 5.75 Å².